The van der Waals surface area contributed by atoms with Crippen LogP contribution in [0.25, 0.3) is 0 Å². The second-order valence-electron chi connectivity index (χ2n) is 3.80. The second-order valence-corrected chi connectivity index (χ2v) is 4.97. The van der Waals surface area contributed by atoms with Gasteiger partial charge in [-0.05, 0) is 38.0 Å². The van der Waals surface area contributed by atoms with Gasteiger partial charge in [-0.1, -0.05) is 17.7 Å². The summed E-state index contributed by atoms with van der Waals surface area (Å²) in [5.41, 5.74) is 2.20. The summed E-state index contributed by atoms with van der Waals surface area (Å²) in [5.74, 6) is 1.07. The third-order valence-electron chi connectivity index (χ3n) is 2.16. The van der Waals surface area contributed by atoms with Crippen LogP contribution >= 0.6 is 11.8 Å². The van der Waals surface area contributed by atoms with E-state index in [1.54, 1.807) is 6.92 Å². The molecule has 1 aromatic rings. The maximum atomic E-state index is 9.35. The Bertz CT molecular complexity index is 314. The largest absolute Gasteiger partial charge is 0.389 e. The molecule has 1 aromatic carbocycles. The van der Waals surface area contributed by atoms with Crippen LogP contribution < -0.4 is 0 Å². The van der Waals surface area contributed by atoms with Gasteiger partial charge < -0.3 is 5.11 Å². The Morgan fingerprint density at radius 3 is 2.47 bits per heavy atom. The van der Waals surface area contributed by atoms with Crippen molar-refractivity contribution in [2.24, 2.45) is 0 Å². The number of aliphatic hydroxyl groups excluding tert-OH is 1. The Kier molecular flexibility index (Phi) is 4.92. The van der Waals surface area contributed by atoms with E-state index >= 15 is 0 Å². The van der Waals surface area contributed by atoms with Crippen LogP contribution in [0, 0.1) is 0 Å². The normalized spacial score (nSPS) is 12.5. The van der Waals surface area contributed by atoms with Crippen molar-refractivity contribution in [2.45, 2.75) is 31.3 Å². The smallest absolute Gasteiger partial charge is 0.0761 e. The van der Waals surface area contributed by atoms with Gasteiger partial charge in [0.25, 0.3) is 0 Å². The molecule has 0 aliphatic rings. The third kappa shape index (κ3) is 4.54. The lowest BCUT2D eigenvalue weighted by molar-refractivity contribution is 0.199. The van der Waals surface area contributed by atoms with Gasteiger partial charge in [0.15, 0.2) is 0 Å². The molecule has 1 unspecified atom stereocenters. The Labute approximate surface area is 96.2 Å². The molecule has 0 aliphatic heterocycles. The fourth-order valence-electron chi connectivity index (χ4n) is 1.19. The molecule has 0 fully saturated rings. The molecule has 0 heterocycles. The van der Waals surface area contributed by atoms with Gasteiger partial charge in [0.05, 0.1) is 6.10 Å². The van der Waals surface area contributed by atoms with Crippen LogP contribution in [0.2, 0.25) is 0 Å². The van der Waals surface area contributed by atoms with Crippen molar-refractivity contribution < 1.29 is 5.11 Å². The maximum absolute atomic E-state index is 9.35. The molecule has 0 amide bonds. The van der Waals surface area contributed by atoms with E-state index in [1.807, 2.05) is 23.9 Å². The summed E-state index contributed by atoms with van der Waals surface area (Å²) in [6, 6.07) is 8.08. The molecule has 15 heavy (non-hydrogen) atoms. The van der Waals surface area contributed by atoms with E-state index in [0.29, 0.717) is 0 Å². The molecule has 0 saturated heterocycles. The van der Waals surface area contributed by atoms with E-state index in [9.17, 15) is 5.11 Å². The monoisotopic (exact) mass is 222 g/mol. The first-order valence-electron chi connectivity index (χ1n) is 5.15. The number of benzene rings is 1. The highest BCUT2D eigenvalue weighted by Gasteiger charge is 2.00. The van der Waals surface area contributed by atoms with Crippen molar-refractivity contribution in [1.29, 1.82) is 0 Å². The topological polar surface area (TPSA) is 20.2 Å². The highest BCUT2D eigenvalue weighted by molar-refractivity contribution is 7.99. The zero-order chi connectivity index (χ0) is 11.3. The van der Waals surface area contributed by atoms with Gasteiger partial charge in [-0.25, -0.2) is 0 Å². The standard InChI is InChI=1S/C13H18OS/c1-10(2)8-9-15-13-6-4-12(5-7-13)11(3)14/h4-7,11,14H,1,8-9H2,2-3H3. The molecule has 0 spiro atoms. The first-order chi connectivity index (χ1) is 7.09. The predicted octanol–water partition coefficient (Wildman–Crippen LogP) is 3.80. The summed E-state index contributed by atoms with van der Waals surface area (Å²) in [6.45, 7) is 7.71. The van der Waals surface area contributed by atoms with Crippen LogP contribution in [-0.2, 0) is 0 Å². The Hall–Kier alpha value is -0.730. The third-order valence-corrected chi connectivity index (χ3v) is 3.17. The van der Waals surface area contributed by atoms with E-state index in [-0.39, 0.29) is 6.10 Å². The van der Waals surface area contributed by atoms with Crippen LogP contribution in [-0.4, -0.2) is 10.9 Å². The molecule has 2 heteroatoms. The van der Waals surface area contributed by atoms with Gasteiger partial charge in [0.1, 0.15) is 0 Å². The minimum absolute atomic E-state index is 0.375. The summed E-state index contributed by atoms with van der Waals surface area (Å²) in [7, 11) is 0. The van der Waals surface area contributed by atoms with Crippen LogP contribution in [0.15, 0.2) is 41.3 Å². The molecule has 1 rings (SSSR count). The Balaban J connectivity index is 2.46. The van der Waals surface area contributed by atoms with E-state index in [2.05, 4.69) is 25.6 Å². The lowest BCUT2D eigenvalue weighted by Crippen LogP contribution is -1.89. The average Bonchev–Trinajstić information content (AvgIpc) is 2.18. The zero-order valence-electron chi connectivity index (χ0n) is 9.36. The maximum Gasteiger partial charge on any atom is 0.0761 e. The van der Waals surface area contributed by atoms with E-state index in [4.69, 9.17) is 0 Å². The van der Waals surface area contributed by atoms with Crippen molar-refractivity contribution >= 4 is 11.8 Å². The fraction of sp³-hybridized carbons (Fsp3) is 0.385. The summed E-state index contributed by atoms with van der Waals surface area (Å²) < 4.78 is 0. The molecule has 1 nitrogen and oxygen atoms in total. The van der Waals surface area contributed by atoms with E-state index < -0.39 is 0 Å². The summed E-state index contributed by atoms with van der Waals surface area (Å²) in [6.07, 6.45) is 0.683. The molecule has 0 bridgehead atoms. The SMILES string of the molecule is C=C(C)CCSc1ccc(C(C)O)cc1. The molecule has 0 aliphatic carbocycles. The average molecular weight is 222 g/mol. The quantitative estimate of drug-likeness (QED) is 0.604. The highest BCUT2D eigenvalue weighted by atomic mass is 32.2. The summed E-state index contributed by atoms with van der Waals surface area (Å²) in [5, 5.41) is 9.35. The highest BCUT2D eigenvalue weighted by Crippen LogP contribution is 2.22. The van der Waals surface area contributed by atoms with Crippen molar-refractivity contribution in [2.75, 3.05) is 5.75 Å². The first kappa shape index (κ1) is 12.3. The van der Waals surface area contributed by atoms with Crippen molar-refractivity contribution in [3.8, 4) is 0 Å². The Morgan fingerprint density at radius 2 is 2.00 bits per heavy atom. The predicted molar refractivity (Wildman–Crippen MR) is 67.2 cm³/mol. The lowest BCUT2D eigenvalue weighted by atomic mass is 10.1. The number of allylic oxidation sites excluding steroid dienone is 1. The minimum Gasteiger partial charge on any atom is -0.389 e. The van der Waals surface area contributed by atoms with Crippen molar-refractivity contribution in [3.05, 3.63) is 42.0 Å². The number of hydrogen-bond donors (Lipinski definition) is 1. The molecule has 0 saturated carbocycles. The fourth-order valence-corrected chi connectivity index (χ4v) is 2.20. The van der Waals surface area contributed by atoms with Crippen molar-refractivity contribution in [1.82, 2.24) is 0 Å². The van der Waals surface area contributed by atoms with Gasteiger partial charge >= 0.3 is 0 Å². The van der Waals surface area contributed by atoms with E-state index in [1.165, 1.54) is 10.5 Å². The molecule has 1 N–H and O–H groups in total. The number of rotatable bonds is 5. The van der Waals surface area contributed by atoms with Crippen LogP contribution in [0.4, 0.5) is 0 Å². The second kappa shape index (κ2) is 5.99. The van der Waals surface area contributed by atoms with Crippen LogP contribution in [0.3, 0.4) is 0 Å². The van der Waals surface area contributed by atoms with E-state index in [0.717, 1.165) is 17.7 Å². The number of aliphatic hydroxyl groups is 1. The molecule has 82 valence electrons. The number of hydrogen-bond acceptors (Lipinski definition) is 2. The number of thioether (sulfide) groups is 1. The van der Waals surface area contributed by atoms with Gasteiger partial charge in [-0.3, -0.25) is 0 Å². The molecule has 0 radical (unpaired) electrons. The lowest BCUT2D eigenvalue weighted by Gasteiger charge is -2.06. The minimum atomic E-state index is -0.375. The van der Waals surface area contributed by atoms with Gasteiger partial charge in [0, 0.05) is 10.6 Å². The first-order valence-corrected chi connectivity index (χ1v) is 6.13. The molecule has 1 atom stereocenters. The van der Waals surface area contributed by atoms with Gasteiger partial charge in [0.2, 0.25) is 0 Å². The van der Waals surface area contributed by atoms with Crippen molar-refractivity contribution in [3.63, 3.8) is 0 Å². The summed E-state index contributed by atoms with van der Waals surface area (Å²) in [4.78, 5) is 1.25. The molecular formula is C13H18OS. The van der Waals surface area contributed by atoms with Crippen LogP contribution in [0.1, 0.15) is 31.9 Å². The Morgan fingerprint density at radius 1 is 1.40 bits per heavy atom. The zero-order valence-corrected chi connectivity index (χ0v) is 10.2. The van der Waals surface area contributed by atoms with Gasteiger partial charge in [-0.15, -0.1) is 18.3 Å². The molecular weight excluding hydrogens is 204 g/mol. The summed E-state index contributed by atoms with van der Waals surface area (Å²) >= 11 is 1.83. The molecule has 0 aromatic heterocycles. The van der Waals surface area contributed by atoms with Crippen LogP contribution in [0.5, 0.6) is 0 Å². The van der Waals surface area contributed by atoms with Gasteiger partial charge in [-0.2, -0.15) is 0 Å².